The van der Waals surface area contributed by atoms with Crippen LogP contribution in [0.2, 0.25) is 0 Å². The zero-order valence-electron chi connectivity index (χ0n) is 14.5. The minimum absolute atomic E-state index is 0.00714. The van der Waals surface area contributed by atoms with Gasteiger partial charge in [0.15, 0.2) is 5.82 Å². The first-order valence-corrected chi connectivity index (χ1v) is 9.25. The van der Waals surface area contributed by atoms with Gasteiger partial charge in [0.1, 0.15) is 17.1 Å². The Morgan fingerprint density at radius 1 is 1.40 bits per heavy atom. The molecule has 0 bridgehead atoms. The molecule has 25 heavy (non-hydrogen) atoms. The van der Waals surface area contributed by atoms with Crippen molar-refractivity contribution in [2.75, 3.05) is 13.1 Å². The maximum absolute atomic E-state index is 12.9. The fourth-order valence-electron chi connectivity index (χ4n) is 3.45. The summed E-state index contributed by atoms with van der Waals surface area (Å²) >= 11 is 1.48. The highest BCUT2D eigenvalue weighted by Crippen LogP contribution is 2.33. The molecule has 1 spiro atoms. The van der Waals surface area contributed by atoms with Crippen molar-refractivity contribution in [3.8, 4) is 0 Å². The van der Waals surface area contributed by atoms with E-state index in [2.05, 4.69) is 29.0 Å². The fourth-order valence-corrected chi connectivity index (χ4v) is 4.48. The molecule has 1 saturated heterocycles. The van der Waals surface area contributed by atoms with E-state index >= 15 is 0 Å². The third kappa shape index (κ3) is 2.71. The van der Waals surface area contributed by atoms with Crippen LogP contribution < -0.4 is 5.69 Å². The lowest BCUT2D eigenvalue weighted by Gasteiger charge is -2.33. The summed E-state index contributed by atoms with van der Waals surface area (Å²) in [6.07, 6.45) is 0.713. The fraction of sp³-hybridized carbons (Fsp3) is 0.625. The number of rotatable bonds is 2. The zero-order chi connectivity index (χ0) is 17.8. The van der Waals surface area contributed by atoms with Gasteiger partial charge in [0.05, 0.1) is 23.8 Å². The van der Waals surface area contributed by atoms with Crippen LogP contribution >= 0.6 is 11.3 Å². The minimum atomic E-state index is -0.504. The third-order valence-electron chi connectivity index (χ3n) is 4.90. The first kappa shape index (κ1) is 16.5. The van der Waals surface area contributed by atoms with Gasteiger partial charge in [-0.3, -0.25) is 9.36 Å². The second-order valence-electron chi connectivity index (χ2n) is 7.10. The van der Waals surface area contributed by atoms with E-state index < -0.39 is 5.60 Å². The van der Waals surface area contributed by atoms with Gasteiger partial charge in [0.25, 0.3) is 5.91 Å². The molecule has 1 fully saturated rings. The summed E-state index contributed by atoms with van der Waals surface area (Å²) < 4.78 is 7.63. The maximum Gasteiger partial charge on any atom is 0.343 e. The SMILES string of the molecule is Cc1nc(C(C)C)sc1C(=O)N1CCC2(C1)Cn1c(n[nH]c1=O)CO2. The van der Waals surface area contributed by atoms with Crippen molar-refractivity contribution in [1.82, 2.24) is 24.6 Å². The van der Waals surface area contributed by atoms with Gasteiger partial charge in [-0.15, -0.1) is 11.3 Å². The molecule has 134 valence electrons. The molecule has 0 aromatic carbocycles. The topological polar surface area (TPSA) is 93.1 Å². The summed E-state index contributed by atoms with van der Waals surface area (Å²) in [4.78, 5) is 31.8. The number of nitrogens with zero attached hydrogens (tertiary/aromatic N) is 4. The van der Waals surface area contributed by atoms with Gasteiger partial charge >= 0.3 is 5.69 Å². The van der Waals surface area contributed by atoms with Crippen LogP contribution in [0.3, 0.4) is 0 Å². The lowest BCUT2D eigenvalue weighted by Crippen LogP contribution is -2.47. The molecule has 4 rings (SSSR count). The molecular formula is C16H21N5O3S. The predicted octanol–water partition coefficient (Wildman–Crippen LogP) is 1.27. The average Bonchev–Trinajstić information content (AvgIpc) is 3.26. The molecule has 0 saturated carbocycles. The van der Waals surface area contributed by atoms with Crippen LogP contribution in [-0.2, 0) is 17.9 Å². The van der Waals surface area contributed by atoms with Crippen LogP contribution in [0, 0.1) is 6.92 Å². The summed E-state index contributed by atoms with van der Waals surface area (Å²) in [6.45, 7) is 7.86. The van der Waals surface area contributed by atoms with E-state index in [4.69, 9.17) is 4.74 Å². The smallest absolute Gasteiger partial charge is 0.343 e. The Balaban J connectivity index is 1.54. The molecular weight excluding hydrogens is 342 g/mol. The Labute approximate surface area is 148 Å². The van der Waals surface area contributed by atoms with E-state index in [0.717, 1.165) is 10.7 Å². The summed E-state index contributed by atoms with van der Waals surface area (Å²) in [5.74, 6) is 0.927. The number of fused-ring (bicyclic) bond motifs is 1. The van der Waals surface area contributed by atoms with Crippen LogP contribution in [0.4, 0.5) is 0 Å². The number of amides is 1. The Morgan fingerprint density at radius 3 is 2.92 bits per heavy atom. The molecule has 2 aliphatic rings. The number of ether oxygens (including phenoxy) is 1. The van der Waals surface area contributed by atoms with Crippen LogP contribution in [0.1, 0.15) is 52.4 Å². The number of aromatic amines is 1. The third-order valence-corrected chi connectivity index (χ3v) is 6.34. The van der Waals surface area contributed by atoms with Gasteiger partial charge in [-0.25, -0.2) is 14.9 Å². The number of likely N-dealkylation sites (tertiary alicyclic amines) is 1. The Morgan fingerprint density at radius 2 is 2.20 bits per heavy atom. The molecule has 0 radical (unpaired) electrons. The van der Waals surface area contributed by atoms with Gasteiger partial charge < -0.3 is 9.64 Å². The number of aromatic nitrogens is 4. The first-order valence-electron chi connectivity index (χ1n) is 8.43. The lowest BCUT2D eigenvalue weighted by molar-refractivity contribution is -0.0816. The molecule has 2 aliphatic heterocycles. The van der Waals surface area contributed by atoms with Crippen LogP contribution in [0.25, 0.3) is 0 Å². The van der Waals surface area contributed by atoms with Gasteiger partial charge in [-0.2, -0.15) is 5.10 Å². The summed E-state index contributed by atoms with van der Waals surface area (Å²) in [6, 6.07) is 0. The number of aryl methyl sites for hydroxylation is 1. The monoisotopic (exact) mass is 363 g/mol. The summed E-state index contributed by atoms with van der Waals surface area (Å²) in [5, 5.41) is 7.40. The van der Waals surface area contributed by atoms with Gasteiger partial charge in [0, 0.05) is 12.5 Å². The second-order valence-corrected chi connectivity index (χ2v) is 8.13. The van der Waals surface area contributed by atoms with Crippen LogP contribution in [-0.4, -0.2) is 49.2 Å². The van der Waals surface area contributed by atoms with Crippen molar-refractivity contribution >= 4 is 17.2 Å². The van der Waals surface area contributed by atoms with E-state index in [9.17, 15) is 9.59 Å². The van der Waals surface area contributed by atoms with Gasteiger partial charge in [-0.1, -0.05) is 13.8 Å². The summed E-state index contributed by atoms with van der Waals surface area (Å²) in [7, 11) is 0. The van der Waals surface area contributed by atoms with Crippen molar-refractivity contribution in [1.29, 1.82) is 0 Å². The molecule has 2 aromatic heterocycles. The molecule has 0 aliphatic carbocycles. The van der Waals surface area contributed by atoms with Crippen molar-refractivity contribution < 1.29 is 9.53 Å². The molecule has 1 N–H and O–H groups in total. The van der Waals surface area contributed by atoms with E-state index in [0.29, 0.717) is 42.7 Å². The van der Waals surface area contributed by atoms with E-state index in [1.165, 1.54) is 11.3 Å². The van der Waals surface area contributed by atoms with E-state index in [-0.39, 0.29) is 18.2 Å². The first-order chi connectivity index (χ1) is 11.9. The number of hydrogen-bond acceptors (Lipinski definition) is 6. The molecule has 1 unspecified atom stereocenters. The van der Waals surface area contributed by atoms with Gasteiger partial charge in [-0.05, 0) is 13.3 Å². The van der Waals surface area contributed by atoms with Crippen LogP contribution in [0.5, 0.6) is 0 Å². The normalized spacial score (nSPS) is 22.8. The largest absolute Gasteiger partial charge is 0.363 e. The van der Waals surface area contributed by atoms with Crippen molar-refractivity contribution in [3.05, 3.63) is 31.9 Å². The summed E-state index contributed by atoms with van der Waals surface area (Å²) in [5.41, 5.74) is 0.0652. The highest BCUT2D eigenvalue weighted by Gasteiger charge is 2.45. The van der Waals surface area contributed by atoms with Crippen molar-refractivity contribution in [2.24, 2.45) is 0 Å². The predicted molar refractivity (Wildman–Crippen MR) is 91.8 cm³/mol. The Kier molecular flexibility index (Phi) is 3.80. The molecule has 8 nitrogen and oxygen atoms in total. The van der Waals surface area contributed by atoms with E-state index in [1.807, 2.05) is 11.8 Å². The van der Waals surface area contributed by atoms with E-state index in [1.54, 1.807) is 4.57 Å². The molecule has 9 heteroatoms. The minimum Gasteiger partial charge on any atom is -0.363 e. The standard InChI is InChI=1S/C16H21N5O3S/c1-9(2)13-17-10(3)12(25-13)14(22)20-5-4-16(7-20)8-21-11(6-24-16)18-19-15(21)23/h9H,4-8H2,1-3H3,(H,19,23). The van der Waals surface area contributed by atoms with Crippen molar-refractivity contribution in [2.45, 2.75) is 51.9 Å². The molecule has 1 amide bonds. The number of nitrogens with one attached hydrogen (secondary N) is 1. The molecule has 2 aromatic rings. The van der Waals surface area contributed by atoms with Crippen LogP contribution in [0.15, 0.2) is 4.79 Å². The zero-order valence-corrected chi connectivity index (χ0v) is 15.4. The molecule has 1 atom stereocenters. The second kappa shape index (κ2) is 5.77. The quantitative estimate of drug-likeness (QED) is 0.867. The molecule has 4 heterocycles. The van der Waals surface area contributed by atoms with Gasteiger partial charge in [0.2, 0.25) is 0 Å². The average molecular weight is 363 g/mol. The Hall–Kier alpha value is -2.00. The maximum atomic E-state index is 12.9. The number of H-pyrrole nitrogens is 1. The number of carbonyl (C=O) groups is 1. The highest BCUT2D eigenvalue weighted by atomic mass is 32.1. The number of thiazole rings is 1. The highest BCUT2D eigenvalue weighted by molar-refractivity contribution is 7.13. The lowest BCUT2D eigenvalue weighted by atomic mass is 10.0. The van der Waals surface area contributed by atoms with Crippen molar-refractivity contribution in [3.63, 3.8) is 0 Å². The Bertz CT molecular complexity index is 883. The number of carbonyl (C=O) groups excluding carboxylic acids is 1. The number of hydrogen-bond donors (Lipinski definition) is 1.